The molecule has 1 aromatic carbocycles. The van der Waals surface area contributed by atoms with Gasteiger partial charge in [-0.15, -0.1) is 0 Å². The number of alkyl halides is 1. The van der Waals surface area contributed by atoms with E-state index in [1.165, 1.54) is 25.9 Å². The topological polar surface area (TPSA) is 92.0 Å². The molecule has 0 aliphatic heterocycles. The van der Waals surface area contributed by atoms with Gasteiger partial charge in [-0.1, -0.05) is 26.8 Å². The van der Waals surface area contributed by atoms with E-state index in [2.05, 4.69) is 31.1 Å². The third-order valence-corrected chi connectivity index (χ3v) is 9.66. The molecule has 2 aromatic rings. The molecule has 8 nitrogen and oxygen atoms in total. The first-order valence-electron chi connectivity index (χ1n) is 14.4. The van der Waals surface area contributed by atoms with Gasteiger partial charge in [0.15, 0.2) is 5.96 Å². The number of allylic oxidation sites excluding steroid dienone is 3. The Balaban J connectivity index is 1.32. The highest BCUT2D eigenvalue weighted by molar-refractivity contribution is 5.95. The summed E-state index contributed by atoms with van der Waals surface area (Å²) in [4.78, 5) is 24.8. The molecule has 5 unspecified atom stereocenters. The number of aryl methyl sites for hydroxylation is 1. The highest BCUT2D eigenvalue weighted by Gasteiger charge is 2.56. The maximum absolute atomic E-state index is 14.5. The minimum atomic E-state index is -1.15. The average molecular weight is 552 g/mol. The molecular weight excluding hydrogens is 509 g/mol. The lowest BCUT2D eigenvalue weighted by molar-refractivity contribution is -0.108. The summed E-state index contributed by atoms with van der Waals surface area (Å²) >= 11 is 0. The molecule has 4 aliphatic rings. The van der Waals surface area contributed by atoms with Crippen LogP contribution in [-0.2, 0) is 11.3 Å². The van der Waals surface area contributed by atoms with Crippen molar-refractivity contribution in [2.24, 2.45) is 34.1 Å². The van der Waals surface area contributed by atoms with Crippen LogP contribution in [0.15, 0.2) is 58.3 Å². The lowest BCUT2D eigenvalue weighted by Crippen LogP contribution is -2.56. The predicted octanol–water partition coefficient (Wildman–Crippen LogP) is 4.60. The monoisotopic (exact) mass is 551 g/mol. The Bertz CT molecular complexity index is 1380. The second-order valence-corrected chi connectivity index (χ2v) is 12.2. The van der Waals surface area contributed by atoms with E-state index in [-0.39, 0.29) is 24.1 Å². The van der Waals surface area contributed by atoms with Gasteiger partial charge in [0, 0.05) is 31.7 Å². The summed E-state index contributed by atoms with van der Waals surface area (Å²) in [5.41, 5.74) is 1.60. The molecule has 6 rings (SSSR count). The van der Waals surface area contributed by atoms with Crippen LogP contribution >= 0.6 is 0 Å². The third kappa shape index (κ3) is 5.40. The van der Waals surface area contributed by atoms with E-state index in [0.717, 1.165) is 12.1 Å². The number of ether oxygens (including phenoxy) is 1. The van der Waals surface area contributed by atoms with Crippen molar-refractivity contribution >= 4 is 22.5 Å². The van der Waals surface area contributed by atoms with E-state index in [0.29, 0.717) is 65.3 Å². The normalized spacial score (nSPS) is 29.1. The number of anilines is 1. The first-order chi connectivity index (χ1) is 19.1. The molecule has 3 saturated carbocycles. The molecule has 1 heterocycles. The van der Waals surface area contributed by atoms with Crippen LogP contribution in [-0.4, -0.2) is 65.0 Å². The summed E-state index contributed by atoms with van der Waals surface area (Å²) < 4.78 is 21.1. The summed E-state index contributed by atoms with van der Waals surface area (Å²) in [6.45, 7) is 7.94. The van der Waals surface area contributed by atoms with Crippen LogP contribution in [0.2, 0.25) is 0 Å². The van der Waals surface area contributed by atoms with Gasteiger partial charge in [-0.3, -0.25) is 9.36 Å². The third-order valence-electron chi connectivity index (χ3n) is 9.66. The van der Waals surface area contributed by atoms with Gasteiger partial charge >= 0.3 is 0 Å². The van der Waals surface area contributed by atoms with Crippen molar-refractivity contribution in [1.29, 1.82) is 0 Å². The average Bonchev–Trinajstić information content (AvgIpc) is 2.93. The molecule has 0 spiro atoms. The highest BCUT2D eigenvalue weighted by Crippen LogP contribution is 2.61. The number of guanidine groups is 1. The van der Waals surface area contributed by atoms with Crippen LogP contribution in [0.4, 0.5) is 10.1 Å². The molecule has 0 saturated heterocycles. The maximum atomic E-state index is 14.5. The van der Waals surface area contributed by atoms with Crippen LogP contribution in [0.25, 0.3) is 10.9 Å². The van der Waals surface area contributed by atoms with Gasteiger partial charge < -0.3 is 20.1 Å². The van der Waals surface area contributed by atoms with E-state index in [4.69, 9.17) is 9.73 Å². The number of aliphatic imine (C=N–C) groups is 1. The molecule has 6 atom stereocenters. The SMILES string of the molecule is COC1=CC(F)C(CCn2cnc3cc(NC(=NC4CC5CC([C@@H]4C)C5(C)C)N(C)CCO)ccc3c2=O)C=C1. The Morgan fingerprint density at radius 3 is 2.83 bits per heavy atom. The van der Waals surface area contributed by atoms with Crippen molar-refractivity contribution in [2.75, 3.05) is 32.6 Å². The minimum absolute atomic E-state index is 0.0259. The van der Waals surface area contributed by atoms with E-state index < -0.39 is 6.17 Å². The fraction of sp³-hybridized carbons (Fsp3) is 0.581. The number of rotatable bonds is 8. The van der Waals surface area contributed by atoms with Gasteiger partial charge in [0.2, 0.25) is 0 Å². The largest absolute Gasteiger partial charge is 0.497 e. The Morgan fingerprint density at radius 2 is 2.15 bits per heavy atom. The predicted molar refractivity (Wildman–Crippen MR) is 157 cm³/mol. The molecule has 3 fully saturated rings. The number of benzene rings is 1. The summed E-state index contributed by atoms with van der Waals surface area (Å²) in [5.74, 6) is 2.78. The number of nitrogens with zero attached hydrogens (tertiary/aromatic N) is 4. The minimum Gasteiger partial charge on any atom is -0.497 e. The van der Waals surface area contributed by atoms with Gasteiger partial charge in [-0.2, -0.15) is 0 Å². The number of hydrogen-bond acceptors (Lipinski definition) is 5. The number of aliphatic hydroxyl groups excluding tert-OH is 1. The van der Waals surface area contributed by atoms with Crippen molar-refractivity contribution in [3.63, 3.8) is 0 Å². The fourth-order valence-corrected chi connectivity index (χ4v) is 6.80. The van der Waals surface area contributed by atoms with Crippen molar-refractivity contribution in [3.05, 3.63) is 58.9 Å². The summed E-state index contributed by atoms with van der Waals surface area (Å²) in [6.07, 6.45) is 8.27. The Hall–Kier alpha value is -3.20. The molecular formula is C31H42FN5O3. The van der Waals surface area contributed by atoms with Gasteiger partial charge in [-0.25, -0.2) is 14.4 Å². The Kier molecular flexibility index (Phi) is 8.04. The lowest BCUT2D eigenvalue weighted by Gasteiger charge is -2.61. The molecule has 4 aliphatic carbocycles. The molecule has 40 heavy (non-hydrogen) atoms. The molecule has 2 N–H and O–H groups in total. The fourth-order valence-electron chi connectivity index (χ4n) is 6.80. The standard InChI is InChI=1S/C31H42FN5O3/c1-19-25-14-21(31(25,2)3)15-27(19)35-30(36(4)12-13-38)34-22-7-9-24-28(16-22)33-18-37(29(24)39)11-10-20-6-8-23(40-5)17-26(20)32/h6-9,16-21,25-27,38H,10-15H2,1-5H3,(H,34,35)/t19-,20?,21?,25?,26?,27?/m0/s1. The number of fused-ring (bicyclic) bond motifs is 3. The quantitative estimate of drug-likeness (QED) is 0.368. The van der Waals surface area contributed by atoms with Gasteiger partial charge in [-0.05, 0) is 72.8 Å². The number of aliphatic hydroxyl groups is 1. The molecule has 2 bridgehead atoms. The van der Waals surface area contributed by atoms with E-state index in [1.54, 1.807) is 22.8 Å². The van der Waals surface area contributed by atoms with Crippen molar-refractivity contribution in [1.82, 2.24) is 14.5 Å². The number of nitrogens with one attached hydrogen (secondary N) is 1. The first kappa shape index (κ1) is 28.3. The molecule has 216 valence electrons. The second-order valence-electron chi connectivity index (χ2n) is 12.2. The van der Waals surface area contributed by atoms with E-state index in [1.807, 2.05) is 24.1 Å². The smallest absolute Gasteiger partial charge is 0.261 e. The summed E-state index contributed by atoms with van der Waals surface area (Å²) in [5, 5.41) is 13.5. The number of halogens is 1. The zero-order valence-electron chi connectivity index (χ0n) is 24.2. The Labute approximate surface area is 235 Å². The van der Waals surface area contributed by atoms with Crippen LogP contribution in [0.3, 0.4) is 0 Å². The zero-order valence-corrected chi connectivity index (χ0v) is 24.2. The van der Waals surface area contributed by atoms with Gasteiger partial charge in [0.25, 0.3) is 5.56 Å². The Morgan fingerprint density at radius 1 is 1.35 bits per heavy atom. The maximum Gasteiger partial charge on any atom is 0.261 e. The van der Waals surface area contributed by atoms with Crippen molar-refractivity contribution < 1.29 is 14.2 Å². The number of methoxy groups -OCH3 is 1. The number of aromatic nitrogens is 2. The zero-order chi connectivity index (χ0) is 28.6. The summed E-state index contributed by atoms with van der Waals surface area (Å²) in [7, 11) is 3.44. The molecule has 1 aromatic heterocycles. The highest BCUT2D eigenvalue weighted by atomic mass is 19.1. The first-order valence-corrected chi connectivity index (χ1v) is 14.4. The van der Waals surface area contributed by atoms with Crippen molar-refractivity contribution in [3.8, 4) is 0 Å². The molecule has 0 radical (unpaired) electrons. The lowest BCUT2D eigenvalue weighted by atomic mass is 9.45. The van der Waals surface area contributed by atoms with Gasteiger partial charge in [0.1, 0.15) is 11.9 Å². The van der Waals surface area contributed by atoms with Crippen LogP contribution in [0.1, 0.15) is 40.0 Å². The van der Waals surface area contributed by atoms with Crippen LogP contribution < -0.4 is 10.9 Å². The van der Waals surface area contributed by atoms with Crippen molar-refractivity contribution in [2.45, 2.75) is 58.8 Å². The molecule has 9 heteroatoms. The van der Waals surface area contributed by atoms with E-state index in [9.17, 15) is 14.3 Å². The van der Waals surface area contributed by atoms with E-state index >= 15 is 0 Å². The summed E-state index contributed by atoms with van der Waals surface area (Å²) in [6, 6.07) is 5.72. The van der Waals surface area contributed by atoms with Crippen LogP contribution in [0.5, 0.6) is 0 Å². The second kappa shape index (κ2) is 11.4. The van der Waals surface area contributed by atoms with Gasteiger partial charge in [0.05, 0.1) is 37.0 Å². The molecule has 0 amide bonds. The number of likely N-dealkylation sites (N-methyl/N-ethyl adjacent to an activating group) is 1. The number of hydrogen-bond donors (Lipinski definition) is 2. The van der Waals surface area contributed by atoms with Crippen LogP contribution in [0, 0.1) is 29.1 Å².